The van der Waals surface area contributed by atoms with Crippen LogP contribution in [0.5, 0.6) is 0 Å². The van der Waals surface area contributed by atoms with Gasteiger partial charge in [-0.25, -0.2) is 0 Å². The van der Waals surface area contributed by atoms with Crippen LogP contribution in [0.3, 0.4) is 0 Å². The first-order chi connectivity index (χ1) is 7.77. The Morgan fingerprint density at radius 2 is 2.25 bits per heavy atom. The summed E-state index contributed by atoms with van der Waals surface area (Å²) in [6.45, 7) is 7.65. The summed E-state index contributed by atoms with van der Waals surface area (Å²) in [5.74, 6) is 0. The topological polar surface area (TPSA) is 24.1 Å². The molecular formula is C14H22N2. The summed E-state index contributed by atoms with van der Waals surface area (Å²) in [5, 5.41) is 6.91. The van der Waals surface area contributed by atoms with E-state index in [9.17, 15) is 0 Å². The van der Waals surface area contributed by atoms with Gasteiger partial charge in [0.2, 0.25) is 0 Å². The Balaban J connectivity index is 2.03. The Bertz CT molecular complexity index is 345. The Kier molecular flexibility index (Phi) is 3.97. The predicted octanol–water partition coefficient (Wildman–Crippen LogP) is 1.87. The molecule has 0 unspecified atom stereocenters. The maximum absolute atomic E-state index is 3.49. The van der Waals surface area contributed by atoms with E-state index >= 15 is 0 Å². The molecule has 2 rings (SSSR count). The molecule has 0 radical (unpaired) electrons. The molecule has 2 N–H and O–H groups in total. The first-order valence-electron chi connectivity index (χ1n) is 6.31. The highest BCUT2D eigenvalue weighted by Crippen LogP contribution is 2.18. The van der Waals surface area contributed by atoms with Crippen molar-refractivity contribution in [1.29, 1.82) is 0 Å². The van der Waals surface area contributed by atoms with Crippen molar-refractivity contribution in [1.82, 2.24) is 10.6 Å². The molecule has 2 heteroatoms. The monoisotopic (exact) mass is 218 g/mol. The summed E-state index contributed by atoms with van der Waals surface area (Å²) in [6.07, 6.45) is 2.34. The van der Waals surface area contributed by atoms with Gasteiger partial charge in [0.15, 0.2) is 0 Å². The third-order valence-corrected chi connectivity index (χ3v) is 3.18. The van der Waals surface area contributed by atoms with Crippen LogP contribution in [-0.2, 0) is 19.4 Å². The first-order valence-corrected chi connectivity index (χ1v) is 6.31. The van der Waals surface area contributed by atoms with Gasteiger partial charge in [0.05, 0.1) is 0 Å². The van der Waals surface area contributed by atoms with E-state index in [1.165, 1.54) is 17.5 Å². The van der Waals surface area contributed by atoms with Crippen LogP contribution in [0.15, 0.2) is 18.2 Å². The van der Waals surface area contributed by atoms with Crippen molar-refractivity contribution in [3.8, 4) is 0 Å². The molecule has 88 valence electrons. The van der Waals surface area contributed by atoms with Gasteiger partial charge in [-0.1, -0.05) is 32.0 Å². The fraction of sp³-hybridized carbons (Fsp3) is 0.571. The van der Waals surface area contributed by atoms with Crippen molar-refractivity contribution in [3.05, 3.63) is 34.9 Å². The SMILES string of the molecule is CC(C)NCCc1cccc2c1CCNC2. The average Bonchev–Trinajstić information content (AvgIpc) is 2.29. The second kappa shape index (κ2) is 5.46. The van der Waals surface area contributed by atoms with Crippen molar-refractivity contribution in [2.45, 2.75) is 39.3 Å². The Morgan fingerprint density at radius 1 is 1.38 bits per heavy atom. The lowest BCUT2D eigenvalue weighted by Crippen LogP contribution is -2.27. The molecule has 0 aromatic heterocycles. The molecule has 1 aromatic carbocycles. The van der Waals surface area contributed by atoms with E-state index in [0.717, 1.165) is 26.1 Å². The van der Waals surface area contributed by atoms with E-state index in [-0.39, 0.29) is 0 Å². The van der Waals surface area contributed by atoms with Crippen LogP contribution in [0.4, 0.5) is 0 Å². The number of benzene rings is 1. The second-order valence-electron chi connectivity index (χ2n) is 4.84. The zero-order valence-corrected chi connectivity index (χ0v) is 10.3. The fourth-order valence-corrected chi connectivity index (χ4v) is 2.34. The van der Waals surface area contributed by atoms with Crippen molar-refractivity contribution in [2.75, 3.05) is 13.1 Å². The first kappa shape index (κ1) is 11.6. The van der Waals surface area contributed by atoms with Gasteiger partial charge < -0.3 is 10.6 Å². The minimum Gasteiger partial charge on any atom is -0.314 e. The fourth-order valence-electron chi connectivity index (χ4n) is 2.34. The molecule has 1 aromatic rings. The molecule has 0 saturated heterocycles. The van der Waals surface area contributed by atoms with Crippen LogP contribution < -0.4 is 10.6 Å². The molecule has 1 aliphatic rings. The van der Waals surface area contributed by atoms with Crippen LogP contribution in [0.1, 0.15) is 30.5 Å². The van der Waals surface area contributed by atoms with Gasteiger partial charge in [0.25, 0.3) is 0 Å². The molecule has 0 saturated carbocycles. The Hall–Kier alpha value is -0.860. The van der Waals surface area contributed by atoms with Gasteiger partial charge in [-0.2, -0.15) is 0 Å². The normalized spacial score (nSPS) is 15.2. The maximum Gasteiger partial charge on any atom is 0.0208 e. The van der Waals surface area contributed by atoms with Crippen LogP contribution in [0.25, 0.3) is 0 Å². The zero-order valence-electron chi connectivity index (χ0n) is 10.3. The van der Waals surface area contributed by atoms with E-state index < -0.39 is 0 Å². The van der Waals surface area contributed by atoms with Gasteiger partial charge in [-0.05, 0) is 42.6 Å². The number of hydrogen-bond donors (Lipinski definition) is 2. The lowest BCUT2D eigenvalue weighted by Gasteiger charge is -2.20. The van der Waals surface area contributed by atoms with E-state index in [0.29, 0.717) is 6.04 Å². The molecule has 16 heavy (non-hydrogen) atoms. The molecule has 1 aliphatic heterocycles. The lowest BCUT2D eigenvalue weighted by atomic mass is 9.94. The van der Waals surface area contributed by atoms with Crippen LogP contribution >= 0.6 is 0 Å². The van der Waals surface area contributed by atoms with E-state index in [1.54, 1.807) is 5.56 Å². The van der Waals surface area contributed by atoms with E-state index in [4.69, 9.17) is 0 Å². The third kappa shape index (κ3) is 2.83. The van der Waals surface area contributed by atoms with Crippen LogP contribution in [-0.4, -0.2) is 19.1 Å². The summed E-state index contributed by atoms with van der Waals surface area (Å²) in [4.78, 5) is 0. The summed E-state index contributed by atoms with van der Waals surface area (Å²) in [6, 6.07) is 7.31. The van der Waals surface area contributed by atoms with Crippen molar-refractivity contribution >= 4 is 0 Å². The number of nitrogens with one attached hydrogen (secondary N) is 2. The van der Waals surface area contributed by atoms with Gasteiger partial charge in [0, 0.05) is 12.6 Å². The second-order valence-corrected chi connectivity index (χ2v) is 4.84. The minimum atomic E-state index is 0.584. The van der Waals surface area contributed by atoms with Crippen LogP contribution in [0.2, 0.25) is 0 Å². The smallest absolute Gasteiger partial charge is 0.0208 e. The standard InChI is InChI=1S/C14H22N2/c1-11(2)16-9-6-12-4-3-5-13-10-15-8-7-14(12)13/h3-5,11,15-16H,6-10H2,1-2H3. The molecular weight excluding hydrogens is 196 g/mol. The highest BCUT2D eigenvalue weighted by Gasteiger charge is 2.11. The summed E-state index contributed by atoms with van der Waals surface area (Å²) in [7, 11) is 0. The quantitative estimate of drug-likeness (QED) is 0.806. The molecule has 0 atom stereocenters. The minimum absolute atomic E-state index is 0.584. The number of rotatable bonds is 4. The summed E-state index contributed by atoms with van der Waals surface area (Å²) in [5.41, 5.74) is 4.62. The highest BCUT2D eigenvalue weighted by atomic mass is 14.9. The van der Waals surface area contributed by atoms with Crippen molar-refractivity contribution < 1.29 is 0 Å². The van der Waals surface area contributed by atoms with Crippen molar-refractivity contribution in [3.63, 3.8) is 0 Å². The van der Waals surface area contributed by atoms with Crippen molar-refractivity contribution in [2.24, 2.45) is 0 Å². The maximum atomic E-state index is 3.49. The third-order valence-electron chi connectivity index (χ3n) is 3.18. The van der Waals surface area contributed by atoms with Gasteiger partial charge in [0.1, 0.15) is 0 Å². The molecule has 0 fully saturated rings. The number of fused-ring (bicyclic) bond motifs is 1. The lowest BCUT2D eigenvalue weighted by molar-refractivity contribution is 0.585. The van der Waals surface area contributed by atoms with Gasteiger partial charge in [-0.15, -0.1) is 0 Å². The average molecular weight is 218 g/mol. The van der Waals surface area contributed by atoms with Gasteiger partial charge >= 0.3 is 0 Å². The molecule has 0 aliphatic carbocycles. The summed E-state index contributed by atoms with van der Waals surface area (Å²) >= 11 is 0. The number of hydrogen-bond acceptors (Lipinski definition) is 2. The van der Waals surface area contributed by atoms with E-state index in [1.807, 2.05) is 0 Å². The largest absolute Gasteiger partial charge is 0.314 e. The molecule has 2 nitrogen and oxygen atoms in total. The van der Waals surface area contributed by atoms with E-state index in [2.05, 4.69) is 42.7 Å². The molecule has 1 heterocycles. The molecule has 0 bridgehead atoms. The Labute approximate surface area is 98.4 Å². The van der Waals surface area contributed by atoms with Gasteiger partial charge in [-0.3, -0.25) is 0 Å². The Morgan fingerprint density at radius 3 is 3.06 bits per heavy atom. The summed E-state index contributed by atoms with van der Waals surface area (Å²) < 4.78 is 0. The molecule has 0 spiro atoms. The molecule has 0 amide bonds. The zero-order chi connectivity index (χ0) is 11.4. The highest BCUT2D eigenvalue weighted by molar-refractivity contribution is 5.37. The predicted molar refractivity (Wildman–Crippen MR) is 68.7 cm³/mol. The van der Waals surface area contributed by atoms with Crippen LogP contribution in [0, 0.1) is 0 Å².